The third-order valence-corrected chi connectivity index (χ3v) is 13.0. The molecule has 7 atom stereocenters. The van der Waals surface area contributed by atoms with Gasteiger partial charge in [0.05, 0.1) is 16.9 Å². The highest BCUT2D eigenvalue weighted by Gasteiger charge is 2.70. The predicted octanol–water partition coefficient (Wildman–Crippen LogP) is 3.66. The molecule has 7 amide bonds. The van der Waals surface area contributed by atoms with E-state index in [1.54, 1.807) is 24.7 Å². The van der Waals surface area contributed by atoms with E-state index in [9.17, 15) is 55.5 Å². The minimum Gasteiger partial charge on any atom is -0.354 e. The molecule has 64 heavy (non-hydrogen) atoms. The highest BCUT2D eigenvalue weighted by molar-refractivity contribution is 7.13. The van der Waals surface area contributed by atoms with E-state index in [1.165, 1.54) is 44.5 Å². The van der Waals surface area contributed by atoms with E-state index in [1.807, 2.05) is 13.8 Å². The molecule has 15 nitrogen and oxygen atoms in total. The van der Waals surface area contributed by atoms with Gasteiger partial charge >= 0.3 is 6.18 Å². The van der Waals surface area contributed by atoms with E-state index >= 15 is 0 Å². The summed E-state index contributed by atoms with van der Waals surface area (Å²) in [6.45, 7) is 6.07. The third kappa shape index (κ3) is 11.4. The molecule has 3 aliphatic rings. The summed E-state index contributed by atoms with van der Waals surface area (Å²) >= 11 is 1.29. The van der Waals surface area contributed by atoms with Gasteiger partial charge in [0, 0.05) is 39.7 Å². The van der Waals surface area contributed by atoms with Gasteiger partial charge in [0.1, 0.15) is 53.7 Å². The van der Waals surface area contributed by atoms with Crippen LogP contribution in [0.2, 0.25) is 0 Å². The van der Waals surface area contributed by atoms with Crippen LogP contribution in [0.15, 0.2) is 29.9 Å². The van der Waals surface area contributed by atoms with Gasteiger partial charge in [-0.05, 0) is 81.0 Å². The van der Waals surface area contributed by atoms with Gasteiger partial charge in [0.2, 0.25) is 41.4 Å². The van der Waals surface area contributed by atoms with Crippen molar-refractivity contribution in [3.8, 4) is 10.4 Å². The Bertz CT molecular complexity index is 2050. The number of amides is 7. The number of hydrogen-bond donors (Lipinski definition) is 4. The molecule has 1 aromatic carbocycles. The molecule has 3 fully saturated rings. The lowest BCUT2D eigenvalue weighted by atomic mass is 9.96. The van der Waals surface area contributed by atoms with Crippen molar-refractivity contribution >= 4 is 52.7 Å². The van der Waals surface area contributed by atoms with E-state index < -0.39 is 127 Å². The van der Waals surface area contributed by atoms with E-state index in [0.29, 0.717) is 27.3 Å². The summed E-state index contributed by atoms with van der Waals surface area (Å²) < 4.78 is 71.1. The second-order valence-electron chi connectivity index (χ2n) is 17.4. The number of halogens is 5. The second-order valence-corrected chi connectivity index (χ2v) is 18.3. The van der Waals surface area contributed by atoms with Crippen molar-refractivity contribution in [3.05, 3.63) is 41.3 Å². The minimum atomic E-state index is -4.89. The van der Waals surface area contributed by atoms with Crippen LogP contribution in [0.4, 0.5) is 22.0 Å². The first-order valence-corrected chi connectivity index (χ1v) is 22.4. The molecule has 1 saturated carbocycles. The van der Waals surface area contributed by atoms with Gasteiger partial charge in [-0.1, -0.05) is 26.8 Å². The number of rotatable bonds is 11. The number of benzene rings is 1. The number of aromatic nitrogens is 1. The van der Waals surface area contributed by atoms with Crippen LogP contribution in [0.5, 0.6) is 0 Å². The average Bonchev–Trinajstić information content (AvgIpc) is 3.72. The number of hydrogen-bond acceptors (Lipinski definition) is 9. The maximum Gasteiger partial charge on any atom is 0.403 e. The van der Waals surface area contributed by atoms with Crippen molar-refractivity contribution < 1.29 is 55.5 Å². The molecular weight excluding hydrogens is 868 g/mol. The zero-order chi connectivity index (χ0) is 47.3. The maximum absolute atomic E-state index is 14.8. The molecule has 2 aromatic rings. The molecule has 0 unspecified atom stereocenters. The lowest BCUT2D eigenvalue weighted by Crippen LogP contribution is -2.60. The Hall–Kier alpha value is -5.21. The smallest absolute Gasteiger partial charge is 0.354 e. The Morgan fingerprint density at radius 2 is 1.77 bits per heavy atom. The number of nitrogens with one attached hydrogen (secondary N) is 4. The van der Waals surface area contributed by atoms with Crippen LogP contribution >= 0.6 is 11.3 Å². The van der Waals surface area contributed by atoms with Gasteiger partial charge < -0.3 is 36.0 Å². The lowest BCUT2D eigenvalue weighted by Gasteiger charge is -2.35. The number of carbonyl (C=O) groups is 7. The van der Waals surface area contributed by atoms with Crippen LogP contribution in [0.1, 0.15) is 84.6 Å². The Labute approximate surface area is 372 Å². The Morgan fingerprint density at radius 1 is 1.06 bits per heavy atom. The Balaban J connectivity index is 1.41. The SMILES string of the molecule is CC[C@H](NC(=O)[C@@H]1C[C@@H](F)CN1C(=O)C1(C(F)(F)F)CC1)C(=O)N(C)[C@H]1CCCCNC(=O)[C@@H](C)NC(=O)[C@H](Cc2cc(F)ccc2-c2cncs2)N(C)C(=O)[C@H](CC(C)C)NC1=O. The largest absolute Gasteiger partial charge is 0.403 e. The summed E-state index contributed by atoms with van der Waals surface area (Å²) in [5.74, 6) is -6.63. The summed E-state index contributed by atoms with van der Waals surface area (Å²) in [5, 5.41) is 10.7. The van der Waals surface area contributed by atoms with Crippen molar-refractivity contribution in [2.24, 2.45) is 11.3 Å². The van der Waals surface area contributed by atoms with Gasteiger partial charge in [-0.25, -0.2) is 8.78 Å². The van der Waals surface area contributed by atoms with Crippen LogP contribution in [0.3, 0.4) is 0 Å². The maximum atomic E-state index is 14.8. The monoisotopic (exact) mass is 924 g/mol. The standard InChI is InChI=1S/C43H57F5N8O7S/c1-7-29(52-38(60)33-19-27(45)21-56(33)41(63)42(13-14-42)43(46,47)48)39(61)54(5)31-10-8-9-15-50-35(57)24(4)51-37(59)32(55(6)40(62)30(16-23(2)3)53-36(31)58)18-25-17-26(44)11-12-28(25)34-20-49-22-64-34/h11-12,17,20,22-24,27,29-33H,7-10,13-16,18-19,21H2,1-6H3,(H,50,57)(H,51,59)(H,52,60)(H,53,58)/t24-,27-,29+,30+,31+,32+,33+/m1/s1. The number of nitrogens with zero attached hydrogens (tertiary/aromatic N) is 4. The molecule has 1 aliphatic carbocycles. The molecule has 0 radical (unpaired) electrons. The number of alkyl halides is 4. The Kier molecular flexibility index (Phi) is 16.1. The van der Waals surface area contributed by atoms with Crippen molar-refractivity contribution in [3.63, 3.8) is 0 Å². The van der Waals surface area contributed by atoms with Crippen LogP contribution < -0.4 is 21.3 Å². The summed E-state index contributed by atoms with van der Waals surface area (Å²) in [5.41, 5.74) is -0.134. The van der Waals surface area contributed by atoms with Gasteiger partial charge in [-0.3, -0.25) is 38.5 Å². The van der Waals surface area contributed by atoms with Crippen LogP contribution in [0, 0.1) is 17.2 Å². The normalized spacial score (nSPS) is 25.3. The van der Waals surface area contributed by atoms with E-state index in [4.69, 9.17) is 0 Å². The number of likely N-dealkylation sites (tertiary alicyclic amines) is 1. The first kappa shape index (κ1) is 49.8. The fraction of sp³-hybridized carbons (Fsp3) is 0.628. The number of thiazole rings is 1. The summed E-state index contributed by atoms with van der Waals surface area (Å²) in [7, 11) is 2.68. The van der Waals surface area contributed by atoms with Gasteiger partial charge in [-0.2, -0.15) is 13.2 Å². The van der Waals surface area contributed by atoms with Crippen LogP contribution in [0.25, 0.3) is 10.4 Å². The van der Waals surface area contributed by atoms with Crippen LogP contribution in [-0.2, 0) is 40.0 Å². The van der Waals surface area contributed by atoms with Crippen molar-refractivity contribution in [1.29, 1.82) is 0 Å². The van der Waals surface area contributed by atoms with E-state index in [0.717, 1.165) is 9.80 Å². The molecule has 1 aromatic heterocycles. The second kappa shape index (κ2) is 20.7. The molecule has 0 spiro atoms. The molecule has 3 heterocycles. The molecule has 2 aliphatic heterocycles. The zero-order valence-electron chi connectivity index (χ0n) is 36.7. The molecule has 5 rings (SSSR count). The first-order valence-electron chi connectivity index (χ1n) is 21.5. The Morgan fingerprint density at radius 3 is 2.38 bits per heavy atom. The first-order chi connectivity index (χ1) is 30.1. The molecule has 2 saturated heterocycles. The summed E-state index contributed by atoms with van der Waals surface area (Å²) in [4.78, 5) is 105. The fourth-order valence-corrected chi connectivity index (χ4v) is 8.96. The van der Waals surface area contributed by atoms with Crippen molar-refractivity contribution in [2.75, 3.05) is 27.2 Å². The average molecular weight is 925 g/mol. The predicted molar refractivity (Wildman–Crippen MR) is 225 cm³/mol. The molecule has 0 bridgehead atoms. The van der Waals surface area contributed by atoms with Crippen molar-refractivity contribution in [1.82, 2.24) is 41.0 Å². The molecular formula is C43H57F5N8O7S. The summed E-state index contributed by atoms with van der Waals surface area (Å²) in [6, 6.07) is -3.76. The van der Waals surface area contributed by atoms with Gasteiger partial charge in [0.15, 0.2) is 0 Å². The number of likely N-dealkylation sites (N-methyl/N-ethyl adjacent to an activating group) is 2. The number of carbonyl (C=O) groups excluding carboxylic acids is 7. The fourth-order valence-electron chi connectivity index (χ4n) is 8.28. The lowest BCUT2D eigenvalue weighted by molar-refractivity contribution is -0.199. The highest BCUT2D eigenvalue weighted by Crippen LogP contribution is 2.59. The highest BCUT2D eigenvalue weighted by atomic mass is 32.1. The molecule has 21 heteroatoms. The van der Waals surface area contributed by atoms with Gasteiger partial charge in [-0.15, -0.1) is 11.3 Å². The van der Waals surface area contributed by atoms with Crippen LogP contribution in [-0.4, -0.2) is 137 Å². The molecule has 352 valence electrons. The summed E-state index contributed by atoms with van der Waals surface area (Å²) in [6.07, 6.45) is -6.14. The minimum absolute atomic E-state index is 0.0234. The van der Waals surface area contributed by atoms with Gasteiger partial charge in [0.25, 0.3) is 0 Å². The third-order valence-electron chi connectivity index (χ3n) is 12.2. The van der Waals surface area contributed by atoms with E-state index in [-0.39, 0.29) is 44.6 Å². The zero-order valence-corrected chi connectivity index (χ0v) is 37.5. The molecule has 4 N–H and O–H groups in total. The van der Waals surface area contributed by atoms with E-state index in [2.05, 4.69) is 26.3 Å². The topological polar surface area (TPSA) is 190 Å². The quantitative estimate of drug-likeness (QED) is 0.246. The van der Waals surface area contributed by atoms with Crippen molar-refractivity contribution in [2.45, 2.75) is 134 Å².